The van der Waals surface area contributed by atoms with Crippen LogP contribution in [0.15, 0.2) is 6.07 Å². The van der Waals surface area contributed by atoms with Gasteiger partial charge in [-0.2, -0.15) is 4.39 Å². The van der Waals surface area contributed by atoms with Crippen LogP contribution in [0.1, 0.15) is 18.5 Å². The molecule has 0 saturated carbocycles. The fraction of sp³-hybridized carbons (Fsp3) is 0.538. The van der Waals surface area contributed by atoms with Gasteiger partial charge in [0.1, 0.15) is 0 Å². The third kappa shape index (κ3) is 2.69. The van der Waals surface area contributed by atoms with E-state index in [1.54, 1.807) is 6.92 Å². The Morgan fingerprint density at radius 3 is 2.42 bits per heavy atom. The second-order valence-electron chi connectivity index (χ2n) is 4.57. The van der Waals surface area contributed by atoms with Crippen LogP contribution in [-0.4, -0.2) is 38.2 Å². The number of nitrogens with zero attached hydrogens (tertiary/aromatic N) is 1. The average Bonchev–Trinajstić information content (AvgIpc) is 2.44. The second kappa shape index (κ2) is 5.79. The summed E-state index contributed by atoms with van der Waals surface area (Å²) in [6.07, 6.45) is 0. The summed E-state index contributed by atoms with van der Waals surface area (Å²) in [5.41, 5.74) is 0.123. The first kappa shape index (κ1) is 14.1. The third-order valence-electron chi connectivity index (χ3n) is 3.50. The first-order chi connectivity index (χ1) is 9.06. The van der Waals surface area contributed by atoms with Gasteiger partial charge in [-0.15, -0.1) is 0 Å². The van der Waals surface area contributed by atoms with Gasteiger partial charge in [0.25, 0.3) is 0 Å². The van der Waals surface area contributed by atoms with Crippen molar-refractivity contribution in [1.82, 2.24) is 10.2 Å². The van der Waals surface area contributed by atoms with E-state index in [4.69, 9.17) is 0 Å². The van der Waals surface area contributed by atoms with E-state index in [2.05, 4.69) is 10.1 Å². The van der Waals surface area contributed by atoms with Crippen LogP contribution in [0.25, 0.3) is 0 Å². The molecule has 3 nitrogen and oxygen atoms in total. The van der Waals surface area contributed by atoms with E-state index in [0.717, 1.165) is 39.4 Å². The van der Waals surface area contributed by atoms with E-state index in [-0.39, 0.29) is 11.6 Å². The molecule has 19 heavy (non-hydrogen) atoms. The molecule has 106 valence electrons. The number of hydrogen-bond acceptors (Lipinski definition) is 3. The largest absolute Gasteiger partial charge is 0.491 e. The van der Waals surface area contributed by atoms with Gasteiger partial charge in [0.2, 0.25) is 5.82 Å². The Kier molecular flexibility index (Phi) is 4.31. The van der Waals surface area contributed by atoms with Crippen molar-refractivity contribution in [2.75, 3.05) is 33.3 Å². The molecule has 0 aliphatic carbocycles. The molecule has 1 saturated heterocycles. The minimum atomic E-state index is -1.28. The minimum absolute atomic E-state index is 0.123. The van der Waals surface area contributed by atoms with Gasteiger partial charge < -0.3 is 10.1 Å². The van der Waals surface area contributed by atoms with Gasteiger partial charge in [0.15, 0.2) is 17.4 Å². The van der Waals surface area contributed by atoms with Gasteiger partial charge in [0, 0.05) is 37.8 Å². The minimum Gasteiger partial charge on any atom is -0.491 e. The molecule has 1 heterocycles. The lowest BCUT2D eigenvalue weighted by atomic mass is 10.0. The molecule has 0 amide bonds. The highest BCUT2D eigenvalue weighted by molar-refractivity contribution is 5.35. The molecule has 0 bridgehead atoms. The number of halogens is 3. The molecule has 1 fully saturated rings. The summed E-state index contributed by atoms with van der Waals surface area (Å²) < 4.78 is 45.6. The van der Waals surface area contributed by atoms with Crippen LogP contribution >= 0.6 is 0 Å². The average molecular weight is 274 g/mol. The molecule has 1 N–H and O–H groups in total. The van der Waals surface area contributed by atoms with E-state index < -0.39 is 23.2 Å². The second-order valence-corrected chi connectivity index (χ2v) is 4.57. The van der Waals surface area contributed by atoms with Crippen molar-refractivity contribution in [3.63, 3.8) is 0 Å². The molecule has 6 heteroatoms. The monoisotopic (exact) mass is 274 g/mol. The fourth-order valence-electron chi connectivity index (χ4n) is 2.35. The van der Waals surface area contributed by atoms with Crippen LogP contribution in [0.3, 0.4) is 0 Å². The molecule has 1 atom stereocenters. The SMILES string of the molecule is COc1c(F)c(F)cc(C(C)N2CCNCC2)c1F. The lowest BCUT2D eigenvalue weighted by Crippen LogP contribution is -2.44. The summed E-state index contributed by atoms with van der Waals surface area (Å²) in [6, 6.07) is 0.589. The molecule has 1 aliphatic heterocycles. The number of hydrogen-bond donors (Lipinski definition) is 1. The highest BCUT2D eigenvalue weighted by Crippen LogP contribution is 2.32. The smallest absolute Gasteiger partial charge is 0.203 e. The Morgan fingerprint density at radius 1 is 1.21 bits per heavy atom. The molecule has 1 aliphatic rings. The highest BCUT2D eigenvalue weighted by Gasteiger charge is 2.26. The number of nitrogens with one attached hydrogen (secondary N) is 1. The molecule has 1 unspecified atom stereocenters. The third-order valence-corrected chi connectivity index (χ3v) is 3.50. The van der Waals surface area contributed by atoms with Gasteiger partial charge in [0.05, 0.1) is 7.11 Å². The van der Waals surface area contributed by atoms with E-state index in [9.17, 15) is 13.2 Å². The molecular weight excluding hydrogens is 257 g/mol. The molecule has 1 aromatic rings. The van der Waals surface area contributed by atoms with Crippen molar-refractivity contribution in [2.45, 2.75) is 13.0 Å². The van der Waals surface area contributed by atoms with Crippen molar-refractivity contribution in [1.29, 1.82) is 0 Å². The maximum Gasteiger partial charge on any atom is 0.203 e. The Morgan fingerprint density at radius 2 is 1.84 bits per heavy atom. The van der Waals surface area contributed by atoms with Crippen LogP contribution in [0.4, 0.5) is 13.2 Å². The van der Waals surface area contributed by atoms with Gasteiger partial charge in [-0.3, -0.25) is 4.90 Å². The predicted octanol–water partition coefficient (Wildman–Crippen LogP) is 2.08. The van der Waals surface area contributed by atoms with Crippen molar-refractivity contribution < 1.29 is 17.9 Å². The summed E-state index contributed by atoms with van der Waals surface area (Å²) >= 11 is 0. The standard InChI is InChI=1S/C13H17F3N2O/c1-8(18-5-3-17-4-6-18)9-7-10(14)12(16)13(19-2)11(9)15/h7-8,17H,3-6H2,1-2H3. The quantitative estimate of drug-likeness (QED) is 0.854. The van der Waals surface area contributed by atoms with Crippen LogP contribution in [0.5, 0.6) is 5.75 Å². The fourth-order valence-corrected chi connectivity index (χ4v) is 2.35. The molecule has 0 spiro atoms. The molecular formula is C13H17F3N2O. The van der Waals surface area contributed by atoms with Crippen LogP contribution in [0, 0.1) is 17.5 Å². The number of rotatable bonds is 3. The summed E-state index contributed by atoms with van der Waals surface area (Å²) in [7, 11) is 1.13. The van der Waals surface area contributed by atoms with Crippen LogP contribution in [-0.2, 0) is 0 Å². The Balaban J connectivity index is 2.35. The predicted molar refractivity (Wildman–Crippen MR) is 65.7 cm³/mol. The lowest BCUT2D eigenvalue weighted by molar-refractivity contribution is 0.180. The maximum atomic E-state index is 14.1. The van der Waals surface area contributed by atoms with E-state index in [0.29, 0.717) is 0 Å². The van der Waals surface area contributed by atoms with Crippen molar-refractivity contribution in [3.8, 4) is 5.75 Å². The van der Waals surface area contributed by atoms with Crippen molar-refractivity contribution in [2.24, 2.45) is 0 Å². The van der Waals surface area contributed by atoms with Crippen molar-refractivity contribution >= 4 is 0 Å². The summed E-state index contributed by atoms with van der Waals surface area (Å²) in [5, 5.41) is 3.18. The molecule has 0 radical (unpaired) electrons. The van der Waals surface area contributed by atoms with Crippen LogP contribution in [0.2, 0.25) is 0 Å². The Labute approximate surface area is 110 Å². The maximum absolute atomic E-state index is 14.1. The van der Waals surface area contributed by atoms with Crippen molar-refractivity contribution in [3.05, 3.63) is 29.1 Å². The van der Waals surface area contributed by atoms with Gasteiger partial charge in [-0.1, -0.05) is 0 Å². The zero-order chi connectivity index (χ0) is 14.0. The first-order valence-electron chi connectivity index (χ1n) is 6.22. The first-order valence-corrected chi connectivity index (χ1v) is 6.22. The number of piperazine rings is 1. The Bertz CT molecular complexity index is 462. The topological polar surface area (TPSA) is 24.5 Å². The lowest BCUT2D eigenvalue weighted by Gasteiger charge is -2.33. The zero-order valence-electron chi connectivity index (χ0n) is 11.0. The highest BCUT2D eigenvalue weighted by atomic mass is 19.2. The van der Waals surface area contributed by atoms with Crippen LogP contribution < -0.4 is 10.1 Å². The summed E-state index contributed by atoms with van der Waals surface area (Å²) in [4.78, 5) is 2.02. The van der Waals surface area contributed by atoms with E-state index in [1.807, 2.05) is 4.90 Å². The number of ether oxygens (including phenoxy) is 1. The molecule has 2 rings (SSSR count). The Hall–Kier alpha value is -1.27. The molecule has 1 aromatic carbocycles. The van der Waals surface area contributed by atoms with Gasteiger partial charge in [-0.25, -0.2) is 8.78 Å². The summed E-state index contributed by atoms with van der Waals surface area (Å²) in [6.45, 7) is 4.85. The zero-order valence-corrected chi connectivity index (χ0v) is 11.0. The summed E-state index contributed by atoms with van der Waals surface area (Å²) in [5.74, 6) is -3.85. The van der Waals surface area contributed by atoms with Gasteiger partial charge >= 0.3 is 0 Å². The van der Waals surface area contributed by atoms with Gasteiger partial charge in [-0.05, 0) is 13.0 Å². The van der Waals surface area contributed by atoms with E-state index in [1.165, 1.54) is 0 Å². The number of methoxy groups -OCH3 is 1. The van der Waals surface area contributed by atoms with E-state index >= 15 is 0 Å². The normalized spacial score (nSPS) is 18.4. The molecule has 0 aromatic heterocycles. The number of benzene rings is 1.